The fourth-order valence-corrected chi connectivity index (χ4v) is 3.96. The number of nitrogens with two attached hydrogens (primary N) is 1. The van der Waals surface area contributed by atoms with E-state index in [2.05, 4.69) is 4.74 Å². The van der Waals surface area contributed by atoms with Crippen molar-refractivity contribution in [2.24, 2.45) is 11.1 Å². The minimum absolute atomic E-state index is 0.0484. The summed E-state index contributed by atoms with van der Waals surface area (Å²) < 4.78 is 35.3. The van der Waals surface area contributed by atoms with Gasteiger partial charge in [0.25, 0.3) is 5.91 Å². The van der Waals surface area contributed by atoms with Gasteiger partial charge in [0.05, 0.1) is 24.4 Å². The highest BCUT2D eigenvalue weighted by atomic mass is 19.3. The zero-order valence-corrected chi connectivity index (χ0v) is 14.4. The SMILES string of the molecule is NCCO[C@H]1C[C@@H](O)C12CCN(C(=O)c1ccccc1OC(F)F)CC2. The van der Waals surface area contributed by atoms with E-state index in [9.17, 15) is 18.7 Å². The van der Waals surface area contributed by atoms with Gasteiger partial charge in [0.15, 0.2) is 0 Å². The predicted molar refractivity (Wildman–Crippen MR) is 90.1 cm³/mol. The molecule has 1 heterocycles. The molecule has 0 unspecified atom stereocenters. The average molecular weight is 370 g/mol. The molecule has 0 radical (unpaired) electrons. The largest absolute Gasteiger partial charge is 0.434 e. The van der Waals surface area contributed by atoms with E-state index in [4.69, 9.17) is 10.5 Å². The number of para-hydroxylation sites is 1. The Labute approximate surface area is 150 Å². The Morgan fingerprint density at radius 3 is 2.65 bits per heavy atom. The lowest BCUT2D eigenvalue weighted by molar-refractivity contribution is -0.208. The number of ether oxygens (including phenoxy) is 2. The molecule has 1 saturated carbocycles. The third-order valence-electron chi connectivity index (χ3n) is 5.49. The minimum Gasteiger partial charge on any atom is -0.434 e. The predicted octanol–water partition coefficient (Wildman–Crippen LogP) is 1.62. The molecule has 1 spiro atoms. The second-order valence-corrected chi connectivity index (χ2v) is 6.80. The summed E-state index contributed by atoms with van der Waals surface area (Å²) in [6.45, 7) is -1.25. The fourth-order valence-electron chi connectivity index (χ4n) is 3.96. The van der Waals surface area contributed by atoms with E-state index in [0.29, 0.717) is 45.5 Å². The Bertz CT molecular complexity index is 635. The van der Waals surface area contributed by atoms with E-state index < -0.39 is 12.7 Å². The number of likely N-dealkylation sites (tertiary alicyclic amines) is 1. The van der Waals surface area contributed by atoms with E-state index in [1.165, 1.54) is 12.1 Å². The molecule has 1 amide bonds. The topological polar surface area (TPSA) is 85.0 Å². The van der Waals surface area contributed by atoms with Gasteiger partial charge in [0, 0.05) is 31.5 Å². The number of carbonyl (C=O) groups excluding carboxylic acids is 1. The summed E-state index contributed by atoms with van der Waals surface area (Å²) in [5.41, 5.74) is 5.25. The Morgan fingerprint density at radius 2 is 2.04 bits per heavy atom. The highest BCUT2D eigenvalue weighted by Crippen LogP contribution is 2.51. The maximum atomic E-state index is 12.7. The summed E-state index contributed by atoms with van der Waals surface area (Å²) in [5, 5.41) is 10.3. The van der Waals surface area contributed by atoms with Gasteiger partial charge in [0.1, 0.15) is 5.75 Å². The molecule has 1 aliphatic carbocycles. The number of alkyl halides is 2. The molecule has 0 bridgehead atoms. The van der Waals surface area contributed by atoms with Crippen LogP contribution in [0.1, 0.15) is 29.6 Å². The Kier molecular flexibility index (Phi) is 5.74. The van der Waals surface area contributed by atoms with Gasteiger partial charge in [-0.3, -0.25) is 4.79 Å². The lowest BCUT2D eigenvalue weighted by Crippen LogP contribution is -2.62. The van der Waals surface area contributed by atoms with Gasteiger partial charge in [0.2, 0.25) is 0 Å². The van der Waals surface area contributed by atoms with Gasteiger partial charge in [-0.05, 0) is 25.0 Å². The molecule has 1 saturated heterocycles. The van der Waals surface area contributed by atoms with Crippen LogP contribution in [0.2, 0.25) is 0 Å². The van der Waals surface area contributed by atoms with E-state index in [-0.39, 0.29) is 28.7 Å². The van der Waals surface area contributed by atoms with E-state index in [1.807, 2.05) is 0 Å². The van der Waals surface area contributed by atoms with E-state index >= 15 is 0 Å². The molecule has 1 aliphatic heterocycles. The number of aliphatic hydroxyl groups excluding tert-OH is 1. The highest BCUT2D eigenvalue weighted by molar-refractivity contribution is 5.97. The first kappa shape index (κ1) is 19.0. The molecule has 3 rings (SSSR count). The van der Waals surface area contributed by atoms with Crippen molar-refractivity contribution >= 4 is 5.91 Å². The quantitative estimate of drug-likeness (QED) is 0.795. The Morgan fingerprint density at radius 1 is 1.35 bits per heavy atom. The van der Waals surface area contributed by atoms with Crippen LogP contribution >= 0.6 is 0 Å². The van der Waals surface area contributed by atoms with Crippen LogP contribution in [0.3, 0.4) is 0 Å². The summed E-state index contributed by atoms with van der Waals surface area (Å²) >= 11 is 0. The van der Waals surface area contributed by atoms with Gasteiger partial charge in [-0.1, -0.05) is 12.1 Å². The summed E-state index contributed by atoms with van der Waals surface area (Å²) in [6, 6.07) is 6.00. The van der Waals surface area contributed by atoms with Crippen LogP contribution in [0, 0.1) is 5.41 Å². The number of halogens is 2. The third kappa shape index (κ3) is 3.54. The number of aliphatic hydroxyl groups is 1. The molecule has 6 nitrogen and oxygen atoms in total. The normalized spacial score (nSPS) is 24.6. The van der Waals surface area contributed by atoms with Crippen molar-refractivity contribution in [3.8, 4) is 5.75 Å². The Hall–Kier alpha value is -1.77. The number of rotatable bonds is 6. The fraction of sp³-hybridized carbons (Fsp3) is 0.611. The van der Waals surface area contributed by atoms with Crippen LogP contribution in [0.4, 0.5) is 8.78 Å². The van der Waals surface area contributed by atoms with Crippen LogP contribution < -0.4 is 10.5 Å². The lowest BCUT2D eigenvalue weighted by atomic mass is 9.58. The highest BCUT2D eigenvalue weighted by Gasteiger charge is 2.56. The second-order valence-electron chi connectivity index (χ2n) is 6.80. The van der Waals surface area contributed by atoms with Crippen LogP contribution in [0.15, 0.2) is 24.3 Å². The molecule has 2 atom stereocenters. The standard InChI is InChI=1S/C18H24F2N2O4/c19-17(20)26-13-4-2-1-3-12(13)16(24)22-8-5-18(6-9-22)14(23)11-15(18)25-10-7-21/h1-4,14-15,17,23H,5-11,21H2/t14-,15+/m1/s1. The first-order valence-electron chi connectivity index (χ1n) is 8.81. The molecule has 8 heteroatoms. The van der Waals surface area contributed by atoms with Crippen molar-refractivity contribution in [2.45, 2.75) is 38.1 Å². The van der Waals surface area contributed by atoms with E-state index in [0.717, 1.165) is 0 Å². The first-order valence-corrected chi connectivity index (χ1v) is 8.81. The Balaban J connectivity index is 1.66. The van der Waals surface area contributed by atoms with Crippen molar-refractivity contribution < 1.29 is 28.2 Å². The monoisotopic (exact) mass is 370 g/mol. The molecule has 144 valence electrons. The molecular formula is C18H24F2N2O4. The van der Waals surface area contributed by atoms with Crippen LogP contribution in [0.25, 0.3) is 0 Å². The molecule has 3 N–H and O–H groups in total. The van der Waals surface area contributed by atoms with Gasteiger partial charge in [-0.25, -0.2) is 0 Å². The molecular weight excluding hydrogens is 346 g/mol. The third-order valence-corrected chi connectivity index (χ3v) is 5.49. The van der Waals surface area contributed by atoms with Crippen LogP contribution in [0.5, 0.6) is 5.75 Å². The summed E-state index contributed by atoms with van der Waals surface area (Å²) in [4.78, 5) is 14.4. The molecule has 2 aliphatic rings. The number of nitrogens with zero attached hydrogens (tertiary/aromatic N) is 1. The number of amides is 1. The summed E-state index contributed by atoms with van der Waals surface area (Å²) in [5.74, 6) is -0.468. The second kappa shape index (κ2) is 7.85. The first-order chi connectivity index (χ1) is 12.5. The molecule has 1 aromatic rings. The zero-order valence-electron chi connectivity index (χ0n) is 14.4. The number of hydrogen-bond donors (Lipinski definition) is 2. The van der Waals surface area contributed by atoms with Crippen molar-refractivity contribution in [1.82, 2.24) is 4.90 Å². The number of benzene rings is 1. The zero-order chi connectivity index (χ0) is 18.7. The number of carbonyl (C=O) groups is 1. The van der Waals surface area contributed by atoms with Crippen molar-refractivity contribution in [3.05, 3.63) is 29.8 Å². The van der Waals surface area contributed by atoms with Crippen molar-refractivity contribution in [3.63, 3.8) is 0 Å². The van der Waals surface area contributed by atoms with Crippen LogP contribution in [-0.4, -0.2) is 61.0 Å². The van der Waals surface area contributed by atoms with Gasteiger partial charge in [-0.15, -0.1) is 0 Å². The van der Waals surface area contributed by atoms with Crippen molar-refractivity contribution in [1.29, 1.82) is 0 Å². The summed E-state index contributed by atoms with van der Waals surface area (Å²) in [6.07, 6.45) is 1.30. The van der Waals surface area contributed by atoms with Crippen molar-refractivity contribution in [2.75, 3.05) is 26.2 Å². The van der Waals surface area contributed by atoms with Crippen LogP contribution in [-0.2, 0) is 4.74 Å². The molecule has 0 aromatic heterocycles. The number of hydrogen-bond acceptors (Lipinski definition) is 5. The summed E-state index contributed by atoms with van der Waals surface area (Å²) in [7, 11) is 0. The molecule has 1 aromatic carbocycles. The maximum absolute atomic E-state index is 12.7. The minimum atomic E-state index is -2.99. The van der Waals surface area contributed by atoms with Gasteiger partial charge in [-0.2, -0.15) is 8.78 Å². The maximum Gasteiger partial charge on any atom is 0.387 e. The lowest BCUT2D eigenvalue weighted by Gasteiger charge is -2.56. The average Bonchev–Trinajstić information content (AvgIpc) is 2.64. The number of piperidine rings is 1. The van der Waals surface area contributed by atoms with E-state index in [1.54, 1.807) is 17.0 Å². The van der Waals surface area contributed by atoms with Gasteiger partial charge < -0.3 is 25.2 Å². The molecule has 26 heavy (non-hydrogen) atoms. The smallest absolute Gasteiger partial charge is 0.387 e. The van der Waals surface area contributed by atoms with Gasteiger partial charge >= 0.3 is 6.61 Å². The molecule has 2 fully saturated rings.